The van der Waals surface area contributed by atoms with Gasteiger partial charge in [-0.1, -0.05) is 233 Å². The number of carbonyl (C=O) groups is 2. The Morgan fingerprint density at radius 1 is 0.339 bits per heavy atom. The van der Waals surface area contributed by atoms with Crippen LogP contribution in [0.15, 0.2) is 0 Å². The number of hydrogen-bond acceptors (Lipinski definition) is 5. The molecule has 0 aromatic rings. The fraction of sp³-hybridized carbons (Fsp3) is 0.963. The molecule has 0 spiro atoms. The molecule has 0 aromatic carbocycles. The maximum atomic E-state index is 12.9. The first-order chi connectivity index (χ1) is 28.9. The predicted molar refractivity (Wildman–Crippen MR) is 258 cm³/mol. The maximum absolute atomic E-state index is 12.9. The van der Waals surface area contributed by atoms with E-state index in [1.165, 1.54) is 225 Å². The normalized spacial score (nSPS) is 13.2. The Kier molecular flexibility index (Phi) is 45.5. The van der Waals surface area contributed by atoms with Gasteiger partial charge in [0.2, 0.25) is 0 Å². The van der Waals surface area contributed by atoms with Crippen LogP contribution < -0.4 is 0 Å². The summed E-state index contributed by atoms with van der Waals surface area (Å²) < 4.78 is 11.6. The van der Waals surface area contributed by atoms with Gasteiger partial charge >= 0.3 is 11.9 Å². The Hall–Kier alpha value is -1.10. The highest BCUT2D eigenvalue weighted by Gasteiger charge is 2.20. The third-order valence-corrected chi connectivity index (χ3v) is 12.9. The third kappa shape index (κ3) is 40.7. The van der Waals surface area contributed by atoms with Crippen molar-refractivity contribution in [3.63, 3.8) is 0 Å². The van der Waals surface area contributed by atoms with Crippen LogP contribution in [-0.2, 0) is 19.1 Å². The lowest BCUT2D eigenvalue weighted by molar-refractivity contribution is -0.150. The lowest BCUT2D eigenvalue weighted by Gasteiger charge is -2.21. The predicted octanol–water partition coefficient (Wildman–Crippen LogP) is 17.2. The molecule has 5 heteroatoms. The van der Waals surface area contributed by atoms with E-state index in [0.717, 1.165) is 44.4 Å². The van der Waals surface area contributed by atoms with Crippen LogP contribution >= 0.6 is 0 Å². The van der Waals surface area contributed by atoms with Crippen molar-refractivity contribution < 1.29 is 19.1 Å². The number of unbranched alkanes of at least 4 members (excludes halogenated alkanes) is 28. The molecular weight excluding hydrogens is 727 g/mol. The summed E-state index contributed by atoms with van der Waals surface area (Å²) in [6.07, 6.45) is 49.8. The minimum Gasteiger partial charge on any atom is -0.465 e. The van der Waals surface area contributed by atoms with E-state index in [1.54, 1.807) is 0 Å². The van der Waals surface area contributed by atoms with Crippen molar-refractivity contribution in [2.45, 2.75) is 285 Å². The minimum atomic E-state index is 0.0868. The van der Waals surface area contributed by atoms with Crippen molar-refractivity contribution >= 4 is 11.9 Å². The number of carbonyl (C=O) groups excluding carboxylic acids is 2. The average Bonchev–Trinajstić information content (AvgIpc) is 3.22. The molecule has 0 rings (SSSR count). The van der Waals surface area contributed by atoms with Gasteiger partial charge in [0, 0.05) is 6.54 Å². The SMILES string of the molecule is CCCCCCCCC(CCCCCC)C(=O)OCCCCCCCCCC(CCCCCCCCCOC(=O)C(CCCCCC)CCCCCCCC)CN(C)C. The van der Waals surface area contributed by atoms with Crippen LogP contribution in [0.5, 0.6) is 0 Å². The molecule has 0 N–H and O–H groups in total. The Balaban J connectivity index is 4.07. The Morgan fingerprint density at radius 2 is 0.576 bits per heavy atom. The Morgan fingerprint density at radius 3 is 0.864 bits per heavy atom. The van der Waals surface area contributed by atoms with Crippen molar-refractivity contribution in [3.05, 3.63) is 0 Å². The molecule has 0 radical (unpaired) electrons. The highest BCUT2D eigenvalue weighted by molar-refractivity contribution is 5.72. The molecule has 0 saturated heterocycles. The van der Waals surface area contributed by atoms with E-state index in [0.29, 0.717) is 13.2 Å². The van der Waals surface area contributed by atoms with Crippen molar-refractivity contribution in [1.29, 1.82) is 0 Å². The lowest BCUT2D eigenvalue weighted by atomic mass is 9.93. The summed E-state index contributed by atoms with van der Waals surface area (Å²) in [7, 11) is 4.46. The minimum absolute atomic E-state index is 0.0868. The van der Waals surface area contributed by atoms with Gasteiger partial charge in [-0.25, -0.2) is 0 Å². The number of rotatable bonds is 48. The zero-order chi connectivity index (χ0) is 43.3. The Bertz CT molecular complexity index is 797. The summed E-state index contributed by atoms with van der Waals surface area (Å²) >= 11 is 0. The van der Waals surface area contributed by atoms with Crippen LogP contribution in [0.1, 0.15) is 285 Å². The van der Waals surface area contributed by atoms with E-state index in [4.69, 9.17) is 9.47 Å². The van der Waals surface area contributed by atoms with E-state index >= 15 is 0 Å². The van der Waals surface area contributed by atoms with Gasteiger partial charge in [0.25, 0.3) is 0 Å². The first-order valence-electron chi connectivity index (χ1n) is 26.9. The molecule has 2 atom stereocenters. The summed E-state index contributed by atoms with van der Waals surface area (Å²) in [5.74, 6) is 1.24. The van der Waals surface area contributed by atoms with Gasteiger partial charge in [0.15, 0.2) is 0 Å². The average molecular weight is 834 g/mol. The maximum Gasteiger partial charge on any atom is 0.308 e. The lowest BCUT2D eigenvalue weighted by Crippen LogP contribution is -2.21. The molecule has 0 aromatic heterocycles. The van der Waals surface area contributed by atoms with Crippen LogP contribution in [0.3, 0.4) is 0 Å². The van der Waals surface area contributed by atoms with E-state index in [9.17, 15) is 9.59 Å². The van der Waals surface area contributed by atoms with Crippen molar-refractivity contribution in [1.82, 2.24) is 4.90 Å². The molecule has 352 valence electrons. The summed E-state index contributed by atoms with van der Waals surface area (Å²) in [4.78, 5) is 28.2. The zero-order valence-electron chi connectivity index (χ0n) is 41.2. The molecule has 0 amide bonds. The van der Waals surface area contributed by atoms with Gasteiger partial charge in [-0.05, 0) is 71.4 Å². The molecule has 2 unspecified atom stereocenters. The monoisotopic (exact) mass is 834 g/mol. The van der Waals surface area contributed by atoms with E-state index in [-0.39, 0.29) is 23.8 Å². The van der Waals surface area contributed by atoms with Gasteiger partial charge in [0.1, 0.15) is 0 Å². The highest BCUT2D eigenvalue weighted by Crippen LogP contribution is 2.24. The van der Waals surface area contributed by atoms with Crippen LogP contribution in [0, 0.1) is 17.8 Å². The molecule has 5 nitrogen and oxygen atoms in total. The van der Waals surface area contributed by atoms with Gasteiger partial charge in [-0.15, -0.1) is 0 Å². The van der Waals surface area contributed by atoms with Gasteiger partial charge in [-0.2, -0.15) is 0 Å². The number of esters is 2. The molecule has 59 heavy (non-hydrogen) atoms. The van der Waals surface area contributed by atoms with Crippen LogP contribution in [0.25, 0.3) is 0 Å². The molecule has 0 aliphatic carbocycles. The van der Waals surface area contributed by atoms with Crippen LogP contribution in [-0.4, -0.2) is 50.7 Å². The quantitative estimate of drug-likeness (QED) is 0.0451. The second kappa shape index (κ2) is 46.4. The molecule has 0 fully saturated rings. The summed E-state index contributed by atoms with van der Waals surface area (Å²) in [5, 5.41) is 0. The topological polar surface area (TPSA) is 55.8 Å². The molecular formula is C54H107NO4. The smallest absolute Gasteiger partial charge is 0.308 e. The summed E-state index contributed by atoms with van der Waals surface area (Å²) in [6, 6.07) is 0. The molecule has 0 saturated carbocycles. The Labute approximate surface area is 370 Å². The number of ether oxygens (including phenoxy) is 2. The summed E-state index contributed by atoms with van der Waals surface area (Å²) in [5.41, 5.74) is 0. The van der Waals surface area contributed by atoms with Gasteiger partial charge in [0.05, 0.1) is 25.0 Å². The van der Waals surface area contributed by atoms with E-state index in [2.05, 4.69) is 46.7 Å². The molecule has 0 aliphatic heterocycles. The second-order valence-corrected chi connectivity index (χ2v) is 19.2. The van der Waals surface area contributed by atoms with Crippen LogP contribution in [0.2, 0.25) is 0 Å². The van der Waals surface area contributed by atoms with E-state index < -0.39 is 0 Å². The molecule has 0 bridgehead atoms. The number of nitrogens with zero attached hydrogens (tertiary/aromatic N) is 1. The van der Waals surface area contributed by atoms with Gasteiger partial charge in [-0.3, -0.25) is 9.59 Å². The van der Waals surface area contributed by atoms with Gasteiger partial charge < -0.3 is 14.4 Å². The third-order valence-electron chi connectivity index (χ3n) is 12.9. The highest BCUT2D eigenvalue weighted by atomic mass is 16.5. The van der Waals surface area contributed by atoms with Crippen molar-refractivity contribution in [2.24, 2.45) is 17.8 Å². The van der Waals surface area contributed by atoms with Crippen molar-refractivity contribution in [3.8, 4) is 0 Å². The second-order valence-electron chi connectivity index (χ2n) is 19.2. The molecule has 0 aliphatic rings. The fourth-order valence-corrected chi connectivity index (χ4v) is 9.00. The fourth-order valence-electron chi connectivity index (χ4n) is 9.00. The van der Waals surface area contributed by atoms with E-state index in [1.807, 2.05) is 0 Å². The number of hydrogen-bond donors (Lipinski definition) is 0. The summed E-state index contributed by atoms with van der Waals surface area (Å²) in [6.45, 7) is 11.5. The van der Waals surface area contributed by atoms with Crippen molar-refractivity contribution in [2.75, 3.05) is 33.9 Å². The first kappa shape index (κ1) is 57.9. The largest absolute Gasteiger partial charge is 0.465 e. The molecule has 0 heterocycles. The standard InChI is InChI=1S/C54H107NO4/c1-7-11-15-19-29-37-45-51(43-35-17-13-9-3)53(56)58-47-39-31-25-21-23-27-33-41-50(49-55(5)6)42-34-28-24-22-26-32-40-48-59-54(57)52(44-36-18-14-10-4)46-38-30-20-16-12-8-2/h50-52H,7-49H2,1-6H3. The van der Waals surface area contributed by atoms with Crippen LogP contribution in [0.4, 0.5) is 0 Å². The zero-order valence-corrected chi connectivity index (χ0v) is 41.2. The first-order valence-corrected chi connectivity index (χ1v) is 26.9.